The zero-order valence-corrected chi connectivity index (χ0v) is 20.1. The summed E-state index contributed by atoms with van der Waals surface area (Å²) in [5.41, 5.74) is 3.33. The smallest absolute Gasteiger partial charge is 0.191 e. The third-order valence-corrected chi connectivity index (χ3v) is 5.40. The van der Waals surface area contributed by atoms with Crippen molar-refractivity contribution < 1.29 is 0 Å². The van der Waals surface area contributed by atoms with Crippen LogP contribution in [0.3, 0.4) is 0 Å². The lowest BCUT2D eigenvalue weighted by Crippen LogP contribution is -2.47. The number of likely N-dealkylation sites (tertiary alicyclic amines) is 1. The first-order valence-electron chi connectivity index (χ1n) is 10.2. The van der Waals surface area contributed by atoms with Crippen LogP contribution in [-0.4, -0.2) is 58.5 Å². The van der Waals surface area contributed by atoms with E-state index >= 15 is 0 Å². The topological polar surface area (TPSA) is 57.0 Å². The molecule has 28 heavy (non-hydrogen) atoms. The molecule has 1 fully saturated rings. The summed E-state index contributed by atoms with van der Waals surface area (Å²) in [4.78, 5) is 12.1. The van der Waals surface area contributed by atoms with Gasteiger partial charge < -0.3 is 15.0 Å². The van der Waals surface area contributed by atoms with E-state index in [-0.39, 0.29) is 24.0 Å². The summed E-state index contributed by atoms with van der Waals surface area (Å²) in [6, 6.07) is 5.20. The van der Waals surface area contributed by atoms with Gasteiger partial charge in [0.15, 0.2) is 5.96 Å². The number of aromatic nitrogens is 2. The van der Waals surface area contributed by atoms with Crippen molar-refractivity contribution in [3.63, 3.8) is 0 Å². The summed E-state index contributed by atoms with van der Waals surface area (Å²) in [7, 11) is 0. The molecular weight excluding hydrogens is 463 g/mol. The van der Waals surface area contributed by atoms with Crippen LogP contribution < -0.4 is 10.6 Å². The highest BCUT2D eigenvalue weighted by Gasteiger charge is 2.31. The first kappa shape index (κ1) is 22.9. The first-order chi connectivity index (χ1) is 13.0. The normalized spacial score (nSPS) is 20.6. The molecule has 7 heteroatoms. The zero-order valence-electron chi connectivity index (χ0n) is 17.8. The van der Waals surface area contributed by atoms with Gasteiger partial charge in [-0.2, -0.15) is 0 Å². The molecule has 3 heterocycles. The number of aryl methyl sites for hydroxylation is 1. The highest BCUT2D eigenvalue weighted by atomic mass is 127. The quantitative estimate of drug-likeness (QED) is 0.365. The Kier molecular flexibility index (Phi) is 8.55. The Balaban J connectivity index is 0.00000280. The molecule has 1 aliphatic rings. The Labute approximate surface area is 186 Å². The number of imidazole rings is 1. The number of hydrogen-bond acceptors (Lipinski definition) is 3. The van der Waals surface area contributed by atoms with Gasteiger partial charge >= 0.3 is 0 Å². The monoisotopic (exact) mass is 498 g/mol. The highest BCUT2D eigenvalue weighted by Crippen LogP contribution is 2.18. The van der Waals surface area contributed by atoms with E-state index in [2.05, 4.69) is 79.1 Å². The number of hydrogen-bond donors (Lipinski definition) is 2. The van der Waals surface area contributed by atoms with E-state index in [1.165, 1.54) is 5.56 Å². The summed E-state index contributed by atoms with van der Waals surface area (Å²) in [6.45, 7) is 14.9. The van der Waals surface area contributed by atoms with Gasteiger partial charge in [-0.15, -0.1) is 24.0 Å². The van der Waals surface area contributed by atoms with Gasteiger partial charge in [0.25, 0.3) is 0 Å². The van der Waals surface area contributed by atoms with Crippen LogP contribution in [-0.2, 0) is 6.42 Å². The number of fused-ring (bicyclic) bond motifs is 1. The molecule has 1 saturated heterocycles. The molecule has 6 nitrogen and oxygen atoms in total. The van der Waals surface area contributed by atoms with Crippen molar-refractivity contribution in [2.45, 2.75) is 53.1 Å². The van der Waals surface area contributed by atoms with Crippen LogP contribution in [0.2, 0.25) is 0 Å². The third kappa shape index (κ3) is 5.59. The van der Waals surface area contributed by atoms with Crippen molar-refractivity contribution >= 4 is 35.6 Å². The van der Waals surface area contributed by atoms with Crippen LogP contribution in [0.25, 0.3) is 5.65 Å². The number of pyridine rings is 1. The van der Waals surface area contributed by atoms with E-state index in [0.29, 0.717) is 18.0 Å². The first-order valence-corrected chi connectivity index (χ1v) is 10.2. The lowest BCUT2D eigenvalue weighted by molar-refractivity contribution is 0.265. The molecule has 2 aromatic heterocycles. The fourth-order valence-corrected chi connectivity index (χ4v) is 3.72. The van der Waals surface area contributed by atoms with Crippen molar-refractivity contribution in [1.29, 1.82) is 0 Å². The molecule has 0 saturated carbocycles. The van der Waals surface area contributed by atoms with Gasteiger partial charge in [-0.25, -0.2) is 4.98 Å². The molecule has 0 radical (unpaired) electrons. The summed E-state index contributed by atoms with van der Waals surface area (Å²) >= 11 is 0. The summed E-state index contributed by atoms with van der Waals surface area (Å²) in [6.07, 6.45) is 5.00. The van der Waals surface area contributed by atoms with Gasteiger partial charge in [-0.05, 0) is 45.2 Å². The SMILES string of the molecule is CCNC(=NCCc1cn2cccc(C)c2n1)NC1CN(C(C)C)CC1C.I. The Hall–Kier alpha value is -1.35. The Bertz CT molecular complexity index is 784. The minimum atomic E-state index is 0. The number of halogens is 1. The van der Waals surface area contributed by atoms with E-state index < -0.39 is 0 Å². The number of guanidine groups is 1. The summed E-state index contributed by atoms with van der Waals surface area (Å²) < 4.78 is 2.10. The van der Waals surface area contributed by atoms with Crippen molar-refractivity contribution in [3.8, 4) is 0 Å². The number of nitrogens with zero attached hydrogens (tertiary/aromatic N) is 4. The molecule has 0 aliphatic carbocycles. The fourth-order valence-electron chi connectivity index (χ4n) is 3.72. The molecule has 1 aliphatic heterocycles. The molecule has 0 bridgehead atoms. The maximum Gasteiger partial charge on any atom is 0.191 e. The van der Waals surface area contributed by atoms with Crippen LogP contribution in [0.15, 0.2) is 29.5 Å². The van der Waals surface area contributed by atoms with E-state index in [9.17, 15) is 0 Å². The summed E-state index contributed by atoms with van der Waals surface area (Å²) in [5.74, 6) is 1.54. The fraction of sp³-hybridized carbons (Fsp3) is 0.619. The summed E-state index contributed by atoms with van der Waals surface area (Å²) in [5, 5.41) is 7.04. The second-order valence-electron chi connectivity index (χ2n) is 7.94. The van der Waals surface area contributed by atoms with Gasteiger partial charge in [-0.1, -0.05) is 13.0 Å². The average Bonchev–Trinajstić information content (AvgIpc) is 3.20. The second-order valence-corrected chi connectivity index (χ2v) is 7.94. The Morgan fingerprint density at radius 2 is 2.14 bits per heavy atom. The molecule has 2 aromatic rings. The molecule has 0 amide bonds. The number of aliphatic imine (C=N–C) groups is 1. The standard InChI is InChI=1S/C21H34N6.HI/c1-6-22-21(25-19-14-27(15(2)3)12-17(19)5)23-10-9-18-13-26-11-7-8-16(4)20(26)24-18;/h7-8,11,13,15,17,19H,6,9-10,12,14H2,1-5H3,(H2,22,23,25);1H. The third-order valence-electron chi connectivity index (χ3n) is 5.40. The minimum Gasteiger partial charge on any atom is -0.357 e. The second kappa shape index (κ2) is 10.4. The predicted octanol–water partition coefficient (Wildman–Crippen LogP) is 3.09. The number of nitrogens with one attached hydrogen (secondary N) is 2. The average molecular weight is 498 g/mol. The van der Waals surface area contributed by atoms with E-state index in [1.54, 1.807) is 0 Å². The van der Waals surface area contributed by atoms with Gasteiger partial charge in [-0.3, -0.25) is 9.89 Å². The molecule has 2 unspecified atom stereocenters. The van der Waals surface area contributed by atoms with Crippen LogP contribution in [0, 0.1) is 12.8 Å². The molecule has 0 aromatic carbocycles. The van der Waals surface area contributed by atoms with Crippen molar-refractivity contribution in [2.24, 2.45) is 10.9 Å². The van der Waals surface area contributed by atoms with E-state index in [0.717, 1.165) is 49.9 Å². The van der Waals surface area contributed by atoms with Crippen molar-refractivity contribution in [3.05, 3.63) is 35.8 Å². The zero-order chi connectivity index (χ0) is 19.4. The molecule has 0 spiro atoms. The van der Waals surface area contributed by atoms with Gasteiger partial charge in [0.2, 0.25) is 0 Å². The molecule has 3 rings (SSSR count). The van der Waals surface area contributed by atoms with Gasteiger partial charge in [0, 0.05) is 57.1 Å². The van der Waals surface area contributed by atoms with Crippen molar-refractivity contribution in [2.75, 3.05) is 26.2 Å². The largest absolute Gasteiger partial charge is 0.357 e. The Morgan fingerprint density at radius 3 is 2.79 bits per heavy atom. The molecular formula is C21H35IN6. The molecule has 156 valence electrons. The van der Waals surface area contributed by atoms with Gasteiger partial charge in [0.1, 0.15) is 5.65 Å². The Morgan fingerprint density at radius 1 is 1.36 bits per heavy atom. The number of rotatable bonds is 6. The minimum absolute atomic E-state index is 0. The molecule has 2 atom stereocenters. The van der Waals surface area contributed by atoms with Crippen LogP contribution in [0.1, 0.15) is 39.0 Å². The van der Waals surface area contributed by atoms with E-state index in [1.807, 2.05) is 0 Å². The maximum atomic E-state index is 4.80. The van der Waals surface area contributed by atoms with Gasteiger partial charge in [0.05, 0.1) is 5.69 Å². The van der Waals surface area contributed by atoms with Crippen molar-refractivity contribution in [1.82, 2.24) is 24.9 Å². The van der Waals surface area contributed by atoms with Crippen LogP contribution in [0.4, 0.5) is 0 Å². The lowest BCUT2D eigenvalue weighted by atomic mass is 10.1. The lowest BCUT2D eigenvalue weighted by Gasteiger charge is -2.21. The highest BCUT2D eigenvalue weighted by molar-refractivity contribution is 14.0. The van der Waals surface area contributed by atoms with Crippen LogP contribution in [0.5, 0.6) is 0 Å². The maximum absolute atomic E-state index is 4.80. The molecule has 2 N–H and O–H groups in total. The predicted molar refractivity (Wildman–Crippen MR) is 128 cm³/mol. The van der Waals surface area contributed by atoms with Crippen LogP contribution >= 0.6 is 24.0 Å². The van der Waals surface area contributed by atoms with E-state index in [4.69, 9.17) is 9.98 Å².